The molecule has 0 bridgehead atoms. The van der Waals surface area contributed by atoms with Gasteiger partial charge in [-0.2, -0.15) is 0 Å². The maximum absolute atomic E-state index is 13.0. The summed E-state index contributed by atoms with van der Waals surface area (Å²) in [5.41, 5.74) is 2.43. The number of benzene rings is 1. The van der Waals surface area contributed by atoms with Crippen LogP contribution in [0.1, 0.15) is 86.4 Å². The highest BCUT2D eigenvalue weighted by Gasteiger charge is 2.27. The zero-order valence-electron chi connectivity index (χ0n) is 20.3. The molecule has 1 aliphatic rings. The SMILES string of the molecule is CC(C)C[C@@H](CC(=O)O)NC(=O)c1ccc2c(c1)nc(Cc1cccs1)n2C1CCCCC1C. The topological polar surface area (TPSA) is 84.2 Å². The van der Waals surface area contributed by atoms with Gasteiger partial charge in [-0.05, 0) is 60.7 Å². The summed E-state index contributed by atoms with van der Waals surface area (Å²) in [5.74, 6) is 0.788. The van der Waals surface area contributed by atoms with E-state index in [0.29, 0.717) is 29.9 Å². The largest absolute Gasteiger partial charge is 0.481 e. The highest BCUT2D eigenvalue weighted by Crippen LogP contribution is 2.37. The Kier molecular flexibility index (Phi) is 7.71. The first kappa shape index (κ1) is 24.5. The number of fused-ring (bicyclic) bond motifs is 1. The molecule has 0 spiro atoms. The number of imidazole rings is 1. The van der Waals surface area contributed by atoms with Crippen LogP contribution in [0, 0.1) is 11.8 Å². The first-order chi connectivity index (χ1) is 16.3. The van der Waals surface area contributed by atoms with E-state index in [9.17, 15) is 14.7 Å². The molecular formula is C27H35N3O3S. The van der Waals surface area contributed by atoms with Gasteiger partial charge in [0.25, 0.3) is 5.91 Å². The van der Waals surface area contributed by atoms with Crippen LogP contribution in [0.4, 0.5) is 0 Å². The first-order valence-electron chi connectivity index (χ1n) is 12.4. The van der Waals surface area contributed by atoms with Crippen molar-refractivity contribution in [2.45, 2.75) is 77.8 Å². The Morgan fingerprint density at radius 2 is 2.03 bits per heavy atom. The Morgan fingerprint density at radius 3 is 2.71 bits per heavy atom. The fourth-order valence-corrected chi connectivity index (χ4v) is 5.98. The summed E-state index contributed by atoms with van der Waals surface area (Å²) < 4.78 is 2.42. The van der Waals surface area contributed by atoms with Gasteiger partial charge in [-0.1, -0.05) is 39.7 Å². The van der Waals surface area contributed by atoms with Gasteiger partial charge in [0.2, 0.25) is 0 Å². The van der Waals surface area contributed by atoms with Gasteiger partial charge in [-0.15, -0.1) is 11.3 Å². The average molecular weight is 482 g/mol. The van der Waals surface area contributed by atoms with Crippen molar-refractivity contribution in [3.63, 3.8) is 0 Å². The summed E-state index contributed by atoms with van der Waals surface area (Å²) in [4.78, 5) is 30.6. The quantitative estimate of drug-likeness (QED) is 0.389. The number of thiophene rings is 1. The maximum atomic E-state index is 13.0. The van der Waals surface area contributed by atoms with Crippen LogP contribution in [-0.4, -0.2) is 32.6 Å². The molecule has 1 fully saturated rings. The van der Waals surface area contributed by atoms with Crippen LogP contribution in [0.25, 0.3) is 11.0 Å². The van der Waals surface area contributed by atoms with Gasteiger partial charge in [0.05, 0.1) is 17.5 Å². The van der Waals surface area contributed by atoms with E-state index in [0.717, 1.165) is 29.7 Å². The standard InChI is InChI=1S/C27H35N3O3S/c1-17(2)13-20(15-26(31)32)28-27(33)19-10-11-24-22(14-19)29-25(16-21-8-6-12-34-21)30(24)23-9-5-4-7-18(23)3/h6,8,10-12,14,17-18,20,23H,4-5,7,9,13,15-16H2,1-3H3,(H,28,33)(H,31,32)/t18?,20-,23?/m0/s1. The van der Waals surface area contributed by atoms with E-state index < -0.39 is 12.0 Å². The lowest BCUT2D eigenvalue weighted by Crippen LogP contribution is -2.37. The zero-order chi connectivity index (χ0) is 24.2. The Bertz CT molecular complexity index is 1140. The summed E-state index contributed by atoms with van der Waals surface area (Å²) >= 11 is 1.74. The lowest BCUT2D eigenvalue weighted by Gasteiger charge is -2.31. The van der Waals surface area contributed by atoms with Crippen LogP contribution in [0.3, 0.4) is 0 Å². The molecule has 2 unspecified atom stereocenters. The van der Waals surface area contributed by atoms with Gasteiger partial charge in [0, 0.05) is 28.9 Å². The normalized spacial score (nSPS) is 19.4. The number of carbonyl (C=O) groups is 2. The maximum Gasteiger partial charge on any atom is 0.305 e. The fraction of sp³-hybridized carbons (Fsp3) is 0.519. The van der Waals surface area contributed by atoms with E-state index in [2.05, 4.69) is 34.3 Å². The number of carboxylic acids is 1. The predicted octanol–water partition coefficient (Wildman–Crippen LogP) is 6.06. The number of amides is 1. The average Bonchev–Trinajstić information content (AvgIpc) is 3.40. The third-order valence-electron chi connectivity index (χ3n) is 6.85. The minimum absolute atomic E-state index is 0.0781. The Labute approximate surface area is 205 Å². The minimum Gasteiger partial charge on any atom is -0.481 e. The molecule has 1 saturated carbocycles. The molecule has 0 radical (unpaired) electrons. The molecule has 34 heavy (non-hydrogen) atoms. The molecule has 2 heterocycles. The van der Waals surface area contributed by atoms with Crippen LogP contribution in [-0.2, 0) is 11.2 Å². The third kappa shape index (κ3) is 5.69. The van der Waals surface area contributed by atoms with E-state index in [1.807, 2.05) is 32.0 Å². The second-order valence-electron chi connectivity index (χ2n) is 10.1. The summed E-state index contributed by atoms with van der Waals surface area (Å²) in [6.07, 6.45) is 6.22. The van der Waals surface area contributed by atoms with Gasteiger partial charge in [-0.25, -0.2) is 4.98 Å². The molecule has 1 amide bonds. The Morgan fingerprint density at radius 1 is 1.24 bits per heavy atom. The van der Waals surface area contributed by atoms with Gasteiger partial charge in [0.1, 0.15) is 5.82 Å². The minimum atomic E-state index is -0.903. The Hall–Kier alpha value is -2.67. The number of carbonyl (C=O) groups excluding carboxylic acids is 1. The van der Waals surface area contributed by atoms with E-state index in [1.165, 1.54) is 24.1 Å². The predicted molar refractivity (Wildman–Crippen MR) is 136 cm³/mol. The fourth-order valence-electron chi connectivity index (χ4n) is 5.28. The van der Waals surface area contributed by atoms with Gasteiger partial charge >= 0.3 is 5.97 Å². The number of hydrogen-bond donors (Lipinski definition) is 2. The van der Waals surface area contributed by atoms with E-state index in [1.54, 1.807) is 11.3 Å². The van der Waals surface area contributed by atoms with Crippen molar-refractivity contribution in [2.24, 2.45) is 11.8 Å². The lowest BCUT2D eigenvalue weighted by atomic mass is 9.85. The van der Waals surface area contributed by atoms with Crippen LogP contribution >= 0.6 is 11.3 Å². The molecular weight excluding hydrogens is 446 g/mol. The summed E-state index contributed by atoms with van der Waals surface area (Å²) in [6, 6.07) is 9.98. The number of nitrogens with zero attached hydrogens (tertiary/aromatic N) is 2. The molecule has 0 saturated heterocycles. The smallest absolute Gasteiger partial charge is 0.305 e. The first-order valence-corrected chi connectivity index (χ1v) is 13.3. The molecule has 4 rings (SSSR count). The van der Waals surface area contributed by atoms with E-state index in [4.69, 9.17) is 4.98 Å². The summed E-state index contributed by atoms with van der Waals surface area (Å²) in [6.45, 7) is 6.39. The zero-order valence-corrected chi connectivity index (χ0v) is 21.1. The van der Waals surface area contributed by atoms with Gasteiger partial charge in [-0.3, -0.25) is 9.59 Å². The monoisotopic (exact) mass is 481 g/mol. The second-order valence-corrected chi connectivity index (χ2v) is 11.1. The van der Waals surface area contributed by atoms with E-state index >= 15 is 0 Å². The van der Waals surface area contributed by atoms with Crippen LogP contribution in [0.15, 0.2) is 35.7 Å². The molecule has 0 aliphatic heterocycles. The van der Waals surface area contributed by atoms with Crippen molar-refractivity contribution >= 4 is 34.2 Å². The van der Waals surface area contributed by atoms with Crippen molar-refractivity contribution in [3.05, 3.63) is 52.0 Å². The number of rotatable bonds is 9. The molecule has 1 aromatic carbocycles. The van der Waals surface area contributed by atoms with Crippen molar-refractivity contribution in [2.75, 3.05) is 0 Å². The molecule has 6 nitrogen and oxygen atoms in total. The van der Waals surface area contributed by atoms with E-state index in [-0.39, 0.29) is 12.3 Å². The Balaban J connectivity index is 1.66. The molecule has 2 aromatic heterocycles. The molecule has 3 aromatic rings. The number of nitrogens with one attached hydrogen (secondary N) is 1. The third-order valence-corrected chi connectivity index (χ3v) is 7.72. The summed E-state index contributed by atoms with van der Waals surface area (Å²) in [7, 11) is 0. The molecule has 2 N–H and O–H groups in total. The molecule has 1 aliphatic carbocycles. The van der Waals surface area contributed by atoms with Gasteiger partial charge in [0.15, 0.2) is 0 Å². The van der Waals surface area contributed by atoms with Crippen molar-refractivity contribution in [1.82, 2.24) is 14.9 Å². The molecule has 3 atom stereocenters. The molecule has 182 valence electrons. The summed E-state index contributed by atoms with van der Waals surface area (Å²) in [5, 5.41) is 14.3. The second kappa shape index (κ2) is 10.7. The van der Waals surface area contributed by atoms with Crippen LogP contribution in [0.5, 0.6) is 0 Å². The highest BCUT2D eigenvalue weighted by atomic mass is 32.1. The number of carboxylic acid groups (broad SMARTS) is 1. The van der Waals surface area contributed by atoms with Crippen molar-refractivity contribution in [1.29, 1.82) is 0 Å². The van der Waals surface area contributed by atoms with Crippen LogP contribution < -0.4 is 5.32 Å². The number of aromatic nitrogens is 2. The number of hydrogen-bond acceptors (Lipinski definition) is 4. The van der Waals surface area contributed by atoms with Crippen molar-refractivity contribution < 1.29 is 14.7 Å². The van der Waals surface area contributed by atoms with Gasteiger partial charge < -0.3 is 15.0 Å². The lowest BCUT2D eigenvalue weighted by molar-refractivity contribution is -0.137. The molecule has 7 heteroatoms. The number of aliphatic carboxylic acids is 1. The highest BCUT2D eigenvalue weighted by molar-refractivity contribution is 7.09. The van der Waals surface area contributed by atoms with Crippen LogP contribution in [0.2, 0.25) is 0 Å². The van der Waals surface area contributed by atoms with Crippen molar-refractivity contribution in [3.8, 4) is 0 Å².